The molecular weight excluding hydrogens is 354 g/mol. The highest BCUT2D eigenvalue weighted by molar-refractivity contribution is 7.55. The minimum Gasteiger partial charge on any atom is -0.306 e. The van der Waals surface area contributed by atoms with E-state index in [-0.39, 0.29) is 31.8 Å². The van der Waals surface area contributed by atoms with Gasteiger partial charge in [-0.1, -0.05) is 27.2 Å². The van der Waals surface area contributed by atoms with E-state index in [4.69, 9.17) is 29.5 Å². The number of rotatable bonds is 11. The van der Waals surface area contributed by atoms with Crippen LogP contribution in [-0.2, 0) is 31.7 Å². The van der Waals surface area contributed by atoms with Crippen molar-refractivity contribution in [2.24, 2.45) is 5.41 Å². The van der Waals surface area contributed by atoms with Gasteiger partial charge in [0.1, 0.15) is 0 Å². The topological polar surface area (TPSA) is 80.3 Å². The number of phosphoric acid groups is 1. The molecule has 7 nitrogen and oxygen atoms in total. The molecule has 1 saturated heterocycles. The summed E-state index contributed by atoms with van der Waals surface area (Å²) in [6.07, 6.45) is 2.49. The summed E-state index contributed by atoms with van der Waals surface area (Å²) < 4.78 is 52.2. The fraction of sp³-hybridized carbons (Fsp3) is 0.933. The standard InChI is InChI=1S/C15H30O7P2/c1-6-8-10-18-24(17,19-11-9-7-2)22-14(3)23(16)20-12-15(4,5)13-21-23/h1,14H,6-13H2,2-5H3. The highest BCUT2D eigenvalue weighted by Gasteiger charge is 2.45. The molecule has 0 bridgehead atoms. The van der Waals surface area contributed by atoms with Crippen LogP contribution in [0.3, 0.4) is 0 Å². The molecule has 1 rings (SSSR count). The number of unbranched alkanes of at least 4 members (excludes halogenated alkanes) is 2. The van der Waals surface area contributed by atoms with Crippen molar-refractivity contribution in [1.82, 2.24) is 0 Å². The van der Waals surface area contributed by atoms with Crippen molar-refractivity contribution >= 4 is 15.4 Å². The van der Waals surface area contributed by atoms with Crippen LogP contribution in [0.5, 0.6) is 0 Å². The summed E-state index contributed by atoms with van der Waals surface area (Å²) in [4.78, 5) is 0. The van der Waals surface area contributed by atoms with E-state index in [1.54, 1.807) is 0 Å². The highest BCUT2D eigenvalue weighted by atomic mass is 31.2. The summed E-state index contributed by atoms with van der Waals surface area (Å²) in [6, 6.07) is 0. The molecule has 2 radical (unpaired) electrons. The van der Waals surface area contributed by atoms with Crippen LogP contribution in [0.25, 0.3) is 0 Å². The Labute approximate surface area is 145 Å². The zero-order chi connectivity index (χ0) is 18.3. The Morgan fingerprint density at radius 3 is 2.25 bits per heavy atom. The van der Waals surface area contributed by atoms with Gasteiger partial charge in [-0.25, -0.2) is 4.57 Å². The van der Waals surface area contributed by atoms with Gasteiger partial charge in [-0.3, -0.25) is 18.1 Å². The lowest BCUT2D eigenvalue weighted by Gasteiger charge is -2.36. The average molecular weight is 384 g/mol. The van der Waals surface area contributed by atoms with E-state index >= 15 is 0 Å². The Hall–Kier alpha value is 0.260. The van der Waals surface area contributed by atoms with E-state index in [0.717, 1.165) is 6.42 Å². The van der Waals surface area contributed by atoms with Gasteiger partial charge in [0.2, 0.25) is 0 Å². The minimum atomic E-state index is -3.86. The summed E-state index contributed by atoms with van der Waals surface area (Å²) in [5.41, 5.74) is -0.230. The van der Waals surface area contributed by atoms with Crippen molar-refractivity contribution in [2.45, 2.75) is 59.2 Å². The molecule has 24 heavy (non-hydrogen) atoms. The van der Waals surface area contributed by atoms with Crippen LogP contribution in [0.1, 0.15) is 53.4 Å². The van der Waals surface area contributed by atoms with Crippen LogP contribution in [0, 0.1) is 12.3 Å². The molecule has 142 valence electrons. The number of hydrogen-bond donors (Lipinski definition) is 0. The molecule has 0 N–H and O–H groups in total. The summed E-state index contributed by atoms with van der Waals surface area (Å²) in [5.74, 6) is -1.06. The molecule has 2 atom stereocenters. The quantitative estimate of drug-likeness (QED) is 0.364. The maximum absolute atomic E-state index is 12.7. The molecule has 0 spiro atoms. The largest absolute Gasteiger partial charge is 0.475 e. The molecule has 0 aromatic heterocycles. The Bertz CT molecular complexity index is 439. The molecule has 0 amide bonds. The van der Waals surface area contributed by atoms with Gasteiger partial charge < -0.3 is 9.05 Å². The third kappa shape index (κ3) is 7.25. The zero-order valence-corrected chi connectivity index (χ0v) is 16.9. The smallest absolute Gasteiger partial charge is 0.306 e. The Morgan fingerprint density at radius 2 is 1.75 bits per heavy atom. The minimum absolute atomic E-state index is 0.131. The summed E-state index contributed by atoms with van der Waals surface area (Å²) in [6.45, 7) is 13.7. The molecule has 0 saturated carbocycles. The molecule has 9 heteroatoms. The lowest BCUT2D eigenvalue weighted by Crippen LogP contribution is -2.32. The van der Waals surface area contributed by atoms with E-state index in [2.05, 4.69) is 0 Å². The molecule has 2 unspecified atom stereocenters. The van der Waals surface area contributed by atoms with E-state index in [1.807, 2.05) is 20.8 Å². The lowest BCUT2D eigenvalue weighted by atomic mass is 9.97. The van der Waals surface area contributed by atoms with E-state index < -0.39 is 21.3 Å². The van der Waals surface area contributed by atoms with E-state index in [1.165, 1.54) is 6.92 Å². The summed E-state index contributed by atoms with van der Waals surface area (Å²) in [5, 5.41) is 0. The third-order valence-electron chi connectivity index (χ3n) is 3.34. The van der Waals surface area contributed by atoms with Crippen molar-refractivity contribution in [2.75, 3.05) is 26.4 Å². The van der Waals surface area contributed by atoms with Crippen molar-refractivity contribution < 1.29 is 31.7 Å². The number of hydrogen-bond acceptors (Lipinski definition) is 7. The normalized spacial score (nSPS) is 21.5. The Kier molecular flexibility index (Phi) is 9.12. The first-order chi connectivity index (χ1) is 11.2. The Morgan fingerprint density at radius 1 is 1.21 bits per heavy atom. The average Bonchev–Trinajstić information content (AvgIpc) is 2.51. The number of phosphoric ester groups is 1. The Balaban J connectivity index is 2.69. The highest BCUT2D eigenvalue weighted by Crippen LogP contribution is 2.63. The van der Waals surface area contributed by atoms with Gasteiger partial charge in [0.15, 0.2) is 5.85 Å². The van der Waals surface area contributed by atoms with Gasteiger partial charge in [-0.2, -0.15) is 0 Å². The van der Waals surface area contributed by atoms with Gasteiger partial charge in [-0.05, 0) is 33.1 Å². The van der Waals surface area contributed by atoms with Crippen LogP contribution in [0.2, 0.25) is 0 Å². The molecule has 1 aliphatic heterocycles. The molecule has 1 heterocycles. The maximum atomic E-state index is 12.7. The zero-order valence-electron chi connectivity index (χ0n) is 15.1. The predicted molar refractivity (Wildman–Crippen MR) is 91.8 cm³/mol. The van der Waals surface area contributed by atoms with E-state index in [0.29, 0.717) is 19.3 Å². The van der Waals surface area contributed by atoms with Crippen molar-refractivity contribution in [3.63, 3.8) is 0 Å². The van der Waals surface area contributed by atoms with Crippen LogP contribution in [0.15, 0.2) is 0 Å². The van der Waals surface area contributed by atoms with E-state index in [9.17, 15) is 9.13 Å². The summed E-state index contributed by atoms with van der Waals surface area (Å²) >= 11 is 0. The van der Waals surface area contributed by atoms with Gasteiger partial charge in [-0.15, -0.1) is 0 Å². The summed E-state index contributed by atoms with van der Waals surface area (Å²) in [7, 11) is -7.40. The van der Waals surface area contributed by atoms with Gasteiger partial charge >= 0.3 is 15.4 Å². The molecule has 0 aromatic carbocycles. The van der Waals surface area contributed by atoms with Crippen LogP contribution >= 0.6 is 15.4 Å². The van der Waals surface area contributed by atoms with Gasteiger partial charge in [0.25, 0.3) is 0 Å². The van der Waals surface area contributed by atoms with Crippen LogP contribution in [-0.4, -0.2) is 32.3 Å². The monoisotopic (exact) mass is 384 g/mol. The van der Waals surface area contributed by atoms with Gasteiger partial charge in [0.05, 0.1) is 26.4 Å². The van der Waals surface area contributed by atoms with Crippen molar-refractivity contribution in [3.05, 3.63) is 6.92 Å². The second kappa shape index (κ2) is 9.82. The van der Waals surface area contributed by atoms with Crippen LogP contribution < -0.4 is 0 Å². The van der Waals surface area contributed by atoms with Crippen LogP contribution in [0.4, 0.5) is 0 Å². The lowest BCUT2D eigenvalue weighted by molar-refractivity contribution is 0.0204. The first-order valence-corrected chi connectivity index (χ1v) is 11.4. The second-order valence-electron chi connectivity index (χ2n) is 6.57. The second-order valence-corrected chi connectivity index (χ2v) is 10.5. The molecule has 0 aromatic rings. The maximum Gasteiger partial charge on any atom is 0.475 e. The SMILES string of the molecule is [CH]CCCOP(=O)(OCCCC)OC(C)P1(=O)OCC(C)(C)CO1. The fourth-order valence-electron chi connectivity index (χ4n) is 1.74. The van der Waals surface area contributed by atoms with Crippen molar-refractivity contribution in [1.29, 1.82) is 0 Å². The molecule has 1 aliphatic rings. The molecular formula is C15H30O7P2. The van der Waals surface area contributed by atoms with Crippen molar-refractivity contribution in [3.8, 4) is 0 Å². The predicted octanol–water partition coefficient (Wildman–Crippen LogP) is 5.05. The fourth-order valence-corrected chi connectivity index (χ4v) is 5.38. The third-order valence-corrected chi connectivity index (χ3v) is 7.05. The first kappa shape index (κ1) is 22.3. The molecule has 1 fully saturated rings. The van der Waals surface area contributed by atoms with Gasteiger partial charge in [0, 0.05) is 5.41 Å². The first-order valence-electron chi connectivity index (χ1n) is 8.33. The molecule has 0 aliphatic carbocycles.